The van der Waals surface area contributed by atoms with Crippen LogP contribution in [0.25, 0.3) is 0 Å². The molecule has 21 heavy (non-hydrogen) atoms. The lowest BCUT2D eigenvalue weighted by molar-refractivity contribution is -0.145. The number of carbonyl (C=O) groups excluding carboxylic acids is 2. The minimum absolute atomic E-state index is 0.251. The number of allylic oxidation sites excluding steroid dienone is 2. The Morgan fingerprint density at radius 3 is 1.57 bits per heavy atom. The minimum Gasteiger partial charge on any atom is -0.465 e. The summed E-state index contributed by atoms with van der Waals surface area (Å²) in [4.78, 5) is 22.8. The number of carbonyl (C=O) groups is 2. The van der Waals surface area contributed by atoms with Gasteiger partial charge in [-0.2, -0.15) is 0 Å². The molecule has 0 aliphatic heterocycles. The maximum atomic E-state index is 11.4. The normalized spacial score (nSPS) is 11.1. The van der Waals surface area contributed by atoms with E-state index in [1.54, 1.807) is 0 Å². The van der Waals surface area contributed by atoms with Gasteiger partial charge in [0.25, 0.3) is 0 Å². The predicted octanol–water partition coefficient (Wildman–Crippen LogP) is 3.96. The van der Waals surface area contributed by atoms with E-state index in [-0.39, 0.29) is 24.8 Å². The van der Waals surface area contributed by atoms with Gasteiger partial charge in [0, 0.05) is 12.8 Å². The van der Waals surface area contributed by atoms with Crippen LogP contribution in [-0.2, 0) is 19.1 Å². The van der Waals surface area contributed by atoms with E-state index >= 15 is 0 Å². The van der Waals surface area contributed by atoms with Gasteiger partial charge in [0.05, 0.1) is 13.2 Å². The number of hydrogen-bond acceptors (Lipinski definition) is 4. The van der Waals surface area contributed by atoms with Crippen LogP contribution in [0.2, 0.25) is 0 Å². The average Bonchev–Trinajstić information content (AvgIpc) is 2.47. The summed E-state index contributed by atoms with van der Waals surface area (Å²) >= 11 is 0. The zero-order valence-corrected chi connectivity index (χ0v) is 13.3. The van der Waals surface area contributed by atoms with Crippen LogP contribution in [0.4, 0.5) is 0 Å². The molecule has 0 aromatic carbocycles. The second-order valence-corrected chi connectivity index (χ2v) is 4.63. The third kappa shape index (κ3) is 14.6. The molecule has 0 N–H and O–H groups in total. The Labute approximate surface area is 128 Å². The average molecular weight is 296 g/mol. The first-order valence-corrected chi connectivity index (χ1v) is 7.81. The monoisotopic (exact) mass is 296 g/mol. The fourth-order valence-electron chi connectivity index (χ4n) is 1.57. The molecule has 0 aliphatic carbocycles. The van der Waals surface area contributed by atoms with Crippen LogP contribution in [-0.4, -0.2) is 25.2 Å². The molecule has 0 aliphatic rings. The molecule has 4 nitrogen and oxygen atoms in total. The first kappa shape index (κ1) is 19.4. The summed E-state index contributed by atoms with van der Waals surface area (Å²) in [6.45, 7) is 4.93. The highest BCUT2D eigenvalue weighted by Gasteiger charge is 2.06. The summed E-state index contributed by atoms with van der Waals surface area (Å²) in [5.41, 5.74) is 0. The lowest BCUT2D eigenvalue weighted by Crippen LogP contribution is -2.09. The van der Waals surface area contributed by atoms with E-state index in [0.29, 0.717) is 19.6 Å². The molecule has 0 saturated carbocycles. The first-order valence-electron chi connectivity index (χ1n) is 7.81. The van der Waals surface area contributed by atoms with Crippen molar-refractivity contribution in [2.45, 2.75) is 58.8 Å². The van der Waals surface area contributed by atoms with Gasteiger partial charge in [-0.25, -0.2) is 0 Å². The Morgan fingerprint density at radius 1 is 0.762 bits per heavy atom. The van der Waals surface area contributed by atoms with Gasteiger partial charge in [0.2, 0.25) is 0 Å². The molecule has 0 heterocycles. The highest BCUT2D eigenvalue weighted by atomic mass is 16.5. The third-order valence-electron chi connectivity index (χ3n) is 2.66. The molecule has 0 spiro atoms. The molecule has 0 fully saturated rings. The number of hydrogen-bond donors (Lipinski definition) is 0. The van der Waals surface area contributed by atoms with Crippen molar-refractivity contribution in [2.24, 2.45) is 0 Å². The Morgan fingerprint density at radius 2 is 1.19 bits per heavy atom. The van der Waals surface area contributed by atoms with Gasteiger partial charge in [0.1, 0.15) is 0 Å². The summed E-state index contributed by atoms with van der Waals surface area (Å²) in [7, 11) is 0. The Bertz CT molecular complexity index is 300. The molecule has 0 radical (unpaired) electrons. The van der Waals surface area contributed by atoms with Gasteiger partial charge < -0.3 is 9.47 Å². The molecular formula is C17H28O4. The van der Waals surface area contributed by atoms with Crippen LogP contribution in [0, 0.1) is 0 Å². The lowest BCUT2D eigenvalue weighted by Gasteiger charge is -2.04. The summed E-state index contributed by atoms with van der Waals surface area (Å²) in [5.74, 6) is -0.503. The molecule has 4 heteroatoms. The molecule has 0 aromatic heterocycles. The van der Waals surface area contributed by atoms with Crippen molar-refractivity contribution in [3.8, 4) is 0 Å². The van der Waals surface area contributed by atoms with E-state index in [2.05, 4.69) is 13.8 Å². The van der Waals surface area contributed by atoms with Crippen LogP contribution < -0.4 is 0 Å². The molecule has 0 amide bonds. The maximum absolute atomic E-state index is 11.4. The first-order chi connectivity index (χ1) is 10.2. The second-order valence-electron chi connectivity index (χ2n) is 4.63. The zero-order chi connectivity index (χ0) is 15.8. The van der Waals surface area contributed by atoms with Crippen molar-refractivity contribution in [1.29, 1.82) is 0 Å². The van der Waals surface area contributed by atoms with Gasteiger partial charge in [-0.3, -0.25) is 9.59 Å². The maximum Gasteiger partial charge on any atom is 0.305 e. The zero-order valence-electron chi connectivity index (χ0n) is 13.3. The Balaban J connectivity index is 3.46. The molecular weight excluding hydrogens is 268 g/mol. The predicted molar refractivity (Wildman–Crippen MR) is 83.9 cm³/mol. The topological polar surface area (TPSA) is 52.6 Å². The molecule has 0 atom stereocenters. The van der Waals surface area contributed by atoms with Crippen LogP contribution >= 0.6 is 0 Å². The molecule has 120 valence electrons. The molecule has 0 bridgehead atoms. The smallest absolute Gasteiger partial charge is 0.305 e. The molecule has 0 aromatic rings. The summed E-state index contributed by atoms with van der Waals surface area (Å²) < 4.78 is 10.1. The van der Waals surface area contributed by atoms with E-state index in [1.807, 2.05) is 24.3 Å². The van der Waals surface area contributed by atoms with E-state index in [1.165, 1.54) is 0 Å². The highest BCUT2D eigenvalue weighted by molar-refractivity contribution is 5.72. The van der Waals surface area contributed by atoms with Crippen LogP contribution in [0.3, 0.4) is 0 Å². The van der Waals surface area contributed by atoms with Gasteiger partial charge in [-0.15, -0.1) is 0 Å². The van der Waals surface area contributed by atoms with Crippen LogP contribution in [0.1, 0.15) is 58.8 Å². The van der Waals surface area contributed by atoms with Crippen molar-refractivity contribution in [1.82, 2.24) is 0 Å². The van der Waals surface area contributed by atoms with Crippen molar-refractivity contribution >= 4 is 11.9 Å². The lowest BCUT2D eigenvalue weighted by atomic mass is 10.2. The van der Waals surface area contributed by atoms with E-state index in [9.17, 15) is 9.59 Å². The summed E-state index contributed by atoms with van der Waals surface area (Å²) in [6, 6.07) is 0. The quantitative estimate of drug-likeness (QED) is 0.311. The fourth-order valence-corrected chi connectivity index (χ4v) is 1.57. The van der Waals surface area contributed by atoms with E-state index in [0.717, 1.165) is 25.7 Å². The number of esters is 2. The van der Waals surface area contributed by atoms with E-state index in [4.69, 9.17) is 9.47 Å². The fraction of sp³-hybridized carbons (Fsp3) is 0.647. The van der Waals surface area contributed by atoms with Gasteiger partial charge in [-0.05, 0) is 32.1 Å². The highest BCUT2D eigenvalue weighted by Crippen LogP contribution is 2.01. The second kappa shape index (κ2) is 14.8. The Hall–Kier alpha value is -1.58. The third-order valence-corrected chi connectivity index (χ3v) is 2.66. The van der Waals surface area contributed by atoms with Crippen molar-refractivity contribution in [3.05, 3.63) is 24.3 Å². The van der Waals surface area contributed by atoms with Gasteiger partial charge in [0.15, 0.2) is 0 Å². The van der Waals surface area contributed by atoms with Gasteiger partial charge in [-0.1, -0.05) is 38.2 Å². The minimum atomic E-state index is -0.251. The van der Waals surface area contributed by atoms with Gasteiger partial charge >= 0.3 is 11.9 Å². The SMILES string of the molecule is CC/C=C/CCOC(=O)CCCC(=O)OCC/C=C/CC. The van der Waals surface area contributed by atoms with E-state index < -0.39 is 0 Å². The van der Waals surface area contributed by atoms with Crippen molar-refractivity contribution in [3.63, 3.8) is 0 Å². The molecule has 0 saturated heterocycles. The summed E-state index contributed by atoms with van der Waals surface area (Å²) in [5, 5.41) is 0. The van der Waals surface area contributed by atoms with Crippen molar-refractivity contribution in [2.75, 3.05) is 13.2 Å². The van der Waals surface area contributed by atoms with Crippen LogP contribution in [0.15, 0.2) is 24.3 Å². The molecule has 0 rings (SSSR count). The number of ether oxygens (including phenoxy) is 2. The van der Waals surface area contributed by atoms with Crippen LogP contribution in [0.5, 0.6) is 0 Å². The van der Waals surface area contributed by atoms with Crippen molar-refractivity contribution < 1.29 is 19.1 Å². The summed E-state index contributed by atoms with van der Waals surface area (Å²) in [6.07, 6.45) is 12.6. The molecule has 0 unspecified atom stereocenters. The standard InChI is InChI=1S/C17H28O4/c1-3-5-7-9-14-20-16(18)12-11-13-17(19)21-15-10-8-6-4-2/h5-8H,3-4,9-15H2,1-2H3/b7-5+,8-6+. The largest absolute Gasteiger partial charge is 0.465 e. The number of rotatable bonds is 12. The Kier molecular flexibility index (Phi) is 13.7.